The zero-order chi connectivity index (χ0) is 21.6. The van der Waals surface area contributed by atoms with Crippen LogP contribution >= 0.6 is 0 Å². The number of amides is 1. The van der Waals surface area contributed by atoms with E-state index in [1.54, 1.807) is 19.1 Å². The number of sulfonamides is 1. The molecule has 0 aliphatic heterocycles. The van der Waals surface area contributed by atoms with Crippen molar-refractivity contribution in [2.45, 2.75) is 52.8 Å². The third-order valence-corrected chi connectivity index (χ3v) is 5.69. The van der Waals surface area contributed by atoms with E-state index >= 15 is 0 Å². The van der Waals surface area contributed by atoms with Gasteiger partial charge in [0.25, 0.3) is 0 Å². The molecule has 0 saturated heterocycles. The first kappa shape index (κ1) is 22.7. The first-order valence-corrected chi connectivity index (χ1v) is 11.6. The van der Waals surface area contributed by atoms with E-state index in [-0.39, 0.29) is 12.0 Å². The van der Waals surface area contributed by atoms with Crippen LogP contribution in [-0.2, 0) is 27.8 Å². The molecule has 7 heteroatoms. The number of benzene rings is 2. The Labute approximate surface area is 173 Å². The highest BCUT2D eigenvalue weighted by Gasteiger charge is 2.28. The minimum atomic E-state index is -3.63. The van der Waals surface area contributed by atoms with Crippen molar-refractivity contribution in [2.75, 3.05) is 10.6 Å². The molecule has 1 unspecified atom stereocenters. The third kappa shape index (κ3) is 6.49. The van der Waals surface area contributed by atoms with Crippen LogP contribution in [0, 0.1) is 0 Å². The van der Waals surface area contributed by atoms with E-state index in [0.717, 1.165) is 33.9 Å². The van der Waals surface area contributed by atoms with E-state index in [9.17, 15) is 13.2 Å². The lowest BCUT2D eigenvalue weighted by atomic mass is 10.1. The molecule has 0 saturated carbocycles. The van der Waals surface area contributed by atoms with E-state index in [2.05, 4.69) is 5.32 Å². The van der Waals surface area contributed by atoms with Gasteiger partial charge in [-0.05, 0) is 62.6 Å². The van der Waals surface area contributed by atoms with Gasteiger partial charge >= 0.3 is 0 Å². The first-order chi connectivity index (χ1) is 13.6. The summed E-state index contributed by atoms with van der Waals surface area (Å²) in [7, 11) is -3.63. The maximum absolute atomic E-state index is 12.7. The SMILES string of the molecule is CCc1ccc(N(C(C)C(=O)NCc2ccc(OC(C)C)cc2)S(C)(=O)=O)cc1. The fraction of sp³-hybridized carbons (Fsp3) is 0.409. The topological polar surface area (TPSA) is 75.7 Å². The molecule has 0 spiro atoms. The number of anilines is 1. The van der Waals surface area contributed by atoms with Crippen LogP contribution in [0.1, 0.15) is 38.8 Å². The monoisotopic (exact) mass is 418 g/mol. The number of hydrogen-bond acceptors (Lipinski definition) is 4. The van der Waals surface area contributed by atoms with Crippen molar-refractivity contribution in [1.82, 2.24) is 5.32 Å². The molecule has 0 aliphatic carbocycles. The van der Waals surface area contributed by atoms with Gasteiger partial charge in [-0.2, -0.15) is 0 Å². The van der Waals surface area contributed by atoms with Crippen LogP contribution in [0.3, 0.4) is 0 Å². The molecule has 2 aromatic carbocycles. The summed E-state index contributed by atoms with van der Waals surface area (Å²) in [5.74, 6) is 0.403. The third-order valence-electron chi connectivity index (χ3n) is 4.45. The van der Waals surface area contributed by atoms with Gasteiger partial charge in [0, 0.05) is 6.54 Å². The van der Waals surface area contributed by atoms with Gasteiger partial charge in [0.1, 0.15) is 11.8 Å². The lowest BCUT2D eigenvalue weighted by Crippen LogP contribution is -2.47. The standard InChI is InChI=1S/C22H30N2O4S/c1-6-18-7-11-20(12-8-18)24(29(5,26)27)17(4)22(25)23-15-19-9-13-21(14-10-19)28-16(2)3/h7-14,16-17H,6,15H2,1-5H3,(H,23,25). The average molecular weight is 419 g/mol. The highest BCUT2D eigenvalue weighted by Crippen LogP contribution is 2.22. The number of carbonyl (C=O) groups excluding carboxylic acids is 1. The molecular formula is C22H30N2O4S. The van der Waals surface area contributed by atoms with Crippen molar-refractivity contribution in [3.05, 3.63) is 59.7 Å². The quantitative estimate of drug-likeness (QED) is 0.676. The molecule has 2 rings (SSSR count). The first-order valence-electron chi connectivity index (χ1n) is 9.73. The van der Waals surface area contributed by atoms with Gasteiger partial charge < -0.3 is 10.1 Å². The minimum absolute atomic E-state index is 0.0924. The maximum Gasteiger partial charge on any atom is 0.243 e. The summed E-state index contributed by atoms with van der Waals surface area (Å²) in [5.41, 5.74) is 2.48. The fourth-order valence-electron chi connectivity index (χ4n) is 2.98. The van der Waals surface area contributed by atoms with Crippen molar-refractivity contribution in [3.8, 4) is 5.75 Å². The molecule has 6 nitrogen and oxygen atoms in total. The summed E-state index contributed by atoms with van der Waals surface area (Å²) < 4.78 is 31.5. The van der Waals surface area contributed by atoms with Gasteiger partial charge in [-0.25, -0.2) is 8.42 Å². The van der Waals surface area contributed by atoms with Crippen molar-refractivity contribution >= 4 is 21.6 Å². The second kappa shape index (κ2) is 9.78. The Balaban J connectivity index is 2.08. The molecule has 1 N–H and O–H groups in total. The molecule has 2 aromatic rings. The van der Waals surface area contributed by atoms with E-state index < -0.39 is 16.1 Å². The Hall–Kier alpha value is -2.54. The minimum Gasteiger partial charge on any atom is -0.491 e. The van der Waals surface area contributed by atoms with Crippen molar-refractivity contribution in [3.63, 3.8) is 0 Å². The summed E-state index contributed by atoms with van der Waals surface area (Å²) in [6.45, 7) is 7.83. The Morgan fingerprint density at radius 3 is 2.03 bits per heavy atom. The van der Waals surface area contributed by atoms with Crippen LogP contribution in [0.25, 0.3) is 0 Å². The van der Waals surface area contributed by atoms with Gasteiger partial charge in [-0.15, -0.1) is 0 Å². The van der Waals surface area contributed by atoms with E-state index in [1.807, 2.05) is 57.2 Å². The molecule has 158 valence electrons. The van der Waals surface area contributed by atoms with Crippen LogP contribution in [-0.4, -0.2) is 32.7 Å². The van der Waals surface area contributed by atoms with Gasteiger partial charge in [0.2, 0.25) is 15.9 Å². The molecule has 29 heavy (non-hydrogen) atoms. The maximum atomic E-state index is 12.7. The Bertz CT molecular complexity index is 907. The van der Waals surface area contributed by atoms with E-state index in [4.69, 9.17) is 4.74 Å². The number of nitrogens with one attached hydrogen (secondary N) is 1. The summed E-state index contributed by atoms with van der Waals surface area (Å²) in [6.07, 6.45) is 2.06. The van der Waals surface area contributed by atoms with Crippen molar-refractivity contribution in [2.24, 2.45) is 0 Å². The van der Waals surface area contributed by atoms with Crippen LogP contribution < -0.4 is 14.4 Å². The Morgan fingerprint density at radius 1 is 1.00 bits per heavy atom. The zero-order valence-electron chi connectivity index (χ0n) is 17.7. The number of carbonyl (C=O) groups is 1. The molecule has 0 radical (unpaired) electrons. The van der Waals surface area contributed by atoms with Crippen LogP contribution in [0.2, 0.25) is 0 Å². The molecule has 1 atom stereocenters. The second-order valence-corrected chi connectivity index (χ2v) is 9.14. The predicted octanol–water partition coefficient (Wildman–Crippen LogP) is 3.51. The van der Waals surface area contributed by atoms with Gasteiger partial charge in [0.15, 0.2) is 0 Å². The summed E-state index contributed by atoms with van der Waals surface area (Å²) in [5, 5.41) is 2.82. The lowest BCUT2D eigenvalue weighted by Gasteiger charge is -2.28. The molecular weight excluding hydrogens is 388 g/mol. The van der Waals surface area contributed by atoms with Crippen LogP contribution in [0.5, 0.6) is 5.75 Å². The normalized spacial score (nSPS) is 12.5. The molecule has 1 amide bonds. The number of ether oxygens (including phenoxy) is 1. The van der Waals surface area contributed by atoms with E-state index in [1.165, 1.54) is 0 Å². The molecule has 0 fully saturated rings. The second-order valence-electron chi connectivity index (χ2n) is 7.28. The number of rotatable bonds is 9. The Morgan fingerprint density at radius 2 is 1.55 bits per heavy atom. The van der Waals surface area contributed by atoms with Crippen molar-refractivity contribution < 1.29 is 17.9 Å². The van der Waals surface area contributed by atoms with Gasteiger partial charge in [-0.3, -0.25) is 9.10 Å². The predicted molar refractivity (Wildman–Crippen MR) is 117 cm³/mol. The zero-order valence-corrected chi connectivity index (χ0v) is 18.5. The molecule has 0 aliphatic rings. The van der Waals surface area contributed by atoms with Crippen molar-refractivity contribution in [1.29, 1.82) is 0 Å². The average Bonchev–Trinajstić information content (AvgIpc) is 2.66. The summed E-state index contributed by atoms with van der Waals surface area (Å²) in [6, 6.07) is 13.8. The highest BCUT2D eigenvalue weighted by molar-refractivity contribution is 7.92. The largest absolute Gasteiger partial charge is 0.491 e. The fourth-order valence-corrected chi connectivity index (χ4v) is 4.16. The molecule has 0 heterocycles. The molecule has 0 aromatic heterocycles. The number of nitrogens with zero attached hydrogens (tertiary/aromatic N) is 1. The molecule has 0 bridgehead atoms. The number of hydrogen-bond donors (Lipinski definition) is 1. The summed E-state index contributed by atoms with van der Waals surface area (Å²) >= 11 is 0. The van der Waals surface area contributed by atoms with Crippen LogP contribution in [0.4, 0.5) is 5.69 Å². The smallest absolute Gasteiger partial charge is 0.243 e. The number of aryl methyl sites for hydroxylation is 1. The Kier molecular flexibility index (Phi) is 7.67. The lowest BCUT2D eigenvalue weighted by molar-refractivity contribution is -0.122. The van der Waals surface area contributed by atoms with E-state index in [0.29, 0.717) is 12.2 Å². The van der Waals surface area contributed by atoms with Gasteiger partial charge in [0.05, 0.1) is 18.0 Å². The van der Waals surface area contributed by atoms with Crippen LogP contribution in [0.15, 0.2) is 48.5 Å². The van der Waals surface area contributed by atoms with Gasteiger partial charge in [-0.1, -0.05) is 31.2 Å². The summed E-state index contributed by atoms with van der Waals surface area (Å²) in [4.78, 5) is 12.7. The highest BCUT2D eigenvalue weighted by atomic mass is 32.2.